The Bertz CT molecular complexity index is 1120. The molecule has 0 N–H and O–H groups in total. The number of nitrogens with zero attached hydrogens (tertiary/aromatic N) is 2. The minimum atomic E-state index is -1.94. The number of benzene rings is 1. The highest BCUT2D eigenvalue weighted by molar-refractivity contribution is 6.74. The number of aryl methyl sites for hydroxylation is 1. The Morgan fingerprint density at radius 3 is 2.51 bits per heavy atom. The summed E-state index contributed by atoms with van der Waals surface area (Å²) in [7, 11) is -1.94. The number of hydrogen-bond acceptors (Lipinski definition) is 5. The van der Waals surface area contributed by atoms with Crippen LogP contribution in [0.5, 0.6) is 0 Å². The second-order valence-electron chi connectivity index (χ2n) is 10.9. The van der Waals surface area contributed by atoms with Crippen LogP contribution in [-0.2, 0) is 27.2 Å². The van der Waals surface area contributed by atoms with E-state index in [4.69, 9.17) is 13.9 Å². The van der Waals surface area contributed by atoms with Gasteiger partial charge in [-0.3, -0.25) is 9.36 Å². The first-order chi connectivity index (χ1) is 16.4. The number of rotatable bonds is 10. The van der Waals surface area contributed by atoms with Gasteiger partial charge in [0.25, 0.3) is 5.56 Å². The van der Waals surface area contributed by atoms with E-state index in [2.05, 4.69) is 40.4 Å². The number of ether oxygens (including phenoxy) is 2. The maximum Gasteiger partial charge on any atom is 0.335 e. The van der Waals surface area contributed by atoms with Gasteiger partial charge >= 0.3 is 5.69 Å². The summed E-state index contributed by atoms with van der Waals surface area (Å²) >= 11 is 0. The van der Waals surface area contributed by atoms with Crippen LogP contribution in [0.2, 0.25) is 18.1 Å². The van der Waals surface area contributed by atoms with Crippen LogP contribution >= 0.6 is 0 Å². The average molecular weight is 501 g/mol. The van der Waals surface area contributed by atoms with E-state index in [1.54, 1.807) is 13.1 Å². The zero-order valence-electron chi connectivity index (χ0n) is 22.0. The molecule has 1 aromatic carbocycles. The molecular weight excluding hydrogens is 460 g/mol. The number of hydrogen-bond donors (Lipinski definition) is 0. The maximum atomic E-state index is 13.3. The second-order valence-corrected chi connectivity index (χ2v) is 15.7. The Kier molecular flexibility index (Phi) is 8.75. The van der Waals surface area contributed by atoms with E-state index in [0.717, 1.165) is 16.6 Å². The van der Waals surface area contributed by atoms with Crippen LogP contribution in [-0.4, -0.2) is 30.2 Å². The number of allylic oxidation sites excluding steroid dienone is 1. The molecule has 0 saturated carbocycles. The third-order valence-electron chi connectivity index (χ3n) is 7.26. The minimum absolute atomic E-state index is 0.0994. The highest BCUT2D eigenvalue weighted by atomic mass is 28.4. The van der Waals surface area contributed by atoms with Crippen LogP contribution in [0.25, 0.3) is 0 Å². The molecule has 35 heavy (non-hydrogen) atoms. The molecule has 192 valence electrons. The van der Waals surface area contributed by atoms with Gasteiger partial charge in [-0.05, 0) is 49.4 Å². The van der Waals surface area contributed by atoms with E-state index in [1.807, 2.05) is 36.4 Å². The fourth-order valence-corrected chi connectivity index (χ4v) is 5.02. The zero-order chi connectivity index (χ0) is 25.8. The van der Waals surface area contributed by atoms with Gasteiger partial charge in [0.05, 0.1) is 19.3 Å². The Labute approximate surface area is 209 Å². The second kappa shape index (κ2) is 11.2. The molecule has 3 atom stereocenters. The lowest BCUT2D eigenvalue weighted by Crippen LogP contribution is -2.43. The van der Waals surface area contributed by atoms with Crippen molar-refractivity contribution in [2.75, 3.05) is 6.61 Å². The van der Waals surface area contributed by atoms with Crippen LogP contribution in [0.1, 0.15) is 51.0 Å². The molecule has 2 aromatic rings. The molecular formula is C27H40N2O5Si. The standard InChI is InChI=1S/C27H40N2O5Si/c1-8-12-22-15-24(34-23(22)18-33-35(6,7)27(3,4)5)28-16-20(2)25(30)29(26(28)31)19-32-17-21-13-10-9-11-14-21/h8-11,13-14,16,22-24H,1,12,15,17-19H2,2-7H3/t22-,23+,24+/m0/s1. The van der Waals surface area contributed by atoms with Crippen molar-refractivity contribution in [2.24, 2.45) is 5.92 Å². The summed E-state index contributed by atoms with van der Waals surface area (Å²) < 4.78 is 21.2. The quantitative estimate of drug-likeness (QED) is 0.339. The molecule has 1 aromatic heterocycles. The summed E-state index contributed by atoms with van der Waals surface area (Å²) in [5.41, 5.74) is 0.669. The van der Waals surface area contributed by atoms with Gasteiger partial charge < -0.3 is 13.9 Å². The molecule has 0 amide bonds. The summed E-state index contributed by atoms with van der Waals surface area (Å²) in [5, 5.41) is 0.0994. The largest absolute Gasteiger partial charge is 0.414 e. The van der Waals surface area contributed by atoms with Gasteiger partial charge in [-0.1, -0.05) is 57.2 Å². The SMILES string of the molecule is C=CC[C@H]1C[C@H](n2cc(C)c(=O)n(COCc3ccccc3)c2=O)O[C@@H]1CO[Si](C)(C)C(C)(C)C. The molecule has 3 rings (SSSR count). The molecule has 0 unspecified atom stereocenters. The van der Waals surface area contributed by atoms with E-state index in [-0.39, 0.29) is 29.4 Å². The van der Waals surface area contributed by atoms with Crippen molar-refractivity contribution >= 4 is 8.32 Å². The summed E-state index contributed by atoms with van der Waals surface area (Å²) in [5.74, 6) is 0.184. The Morgan fingerprint density at radius 1 is 1.20 bits per heavy atom. The molecule has 0 spiro atoms. The van der Waals surface area contributed by atoms with Gasteiger partial charge in [0.1, 0.15) is 13.0 Å². The lowest BCUT2D eigenvalue weighted by molar-refractivity contribution is -0.0318. The third-order valence-corrected chi connectivity index (χ3v) is 11.8. The highest BCUT2D eigenvalue weighted by Crippen LogP contribution is 2.39. The third kappa shape index (κ3) is 6.49. The van der Waals surface area contributed by atoms with Gasteiger partial charge in [0, 0.05) is 11.8 Å². The minimum Gasteiger partial charge on any atom is -0.414 e. The Balaban J connectivity index is 1.78. The molecule has 0 aliphatic carbocycles. The number of aromatic nitrogens is 2. The topological polar surface area (TPSA) is 71.7 Å². The van der Waals surface area contributed by atoms with E-state index < -0.39 is 20.2 Å². The van der Waals surface area contributed by atoms with Crippen molar-refractivity contribution in [1.29, 1.82) is 0 Å². The van der Waals surface area contributed by atoms with Crippen LogP contribution in [0.4, 0.5) is 0 Å². The Hall–Kier alpha value is -2.26. The maximum absolute atomic E-state index is 13.3. The average Bonchev–Trinajstić information content (AvgIpc) is 3.20. The van der Waals surface area contributed by atoms with E-state index in [9.17, 15) is 9.59 Å². The molecule has 0 radical (unpaired) electrons. The predicted octanol–water partition coefficient (Wildman–Crippen LogP) is 4.99. The zero-order valence-corrected chi connectivity index (χ0v) is 23.0. The molecule has 7 nitrogen and oxygen atoms in total. The van der Waals surface area contributed by atoms with E-state index >= 15 is 0 Å². The van der Waals surface area contributed by atoms with Gasteiger partial charge in [-0.15, -0.1) is 6.58 Å². The molecule has 8 heteroatoms. The van der Waals surface area contributed by atoms with Crippen molar-refractivity contribution in [1.82, 2.24) is 9.13 Å². The van der Waals surface area contributed by atoms with Crippen LogP contribution < -0.4 is 11.2 Å². The normalized spacial score (nSPS) is 20.8. The predicted molar refractivity (Wildman–Crippen MR) is 141 cm³/mol. The molecule has 1 fully saturated rings. The summed E-state index contributed by atoms with van der Waals surface area (Å²) in [6, 6.07) is 9.66. The van der Waals surface area contributed by atoms with Gasteiger partial charge in [0.15, 0.2) is 8.32 Å². The fourth-order valence-electron chi connectivity index (χ4n) is 4.01. The lowest BCUT2D eigenvalue weighted by Gasteiger charge is -2.37. The van der Waals surface area contributed by atoms with Gasteiger partial charge in [-0.25, -0.2) is 9.36 Å². The first-order valence-electron chi connectivity index (χ1n) is 12.3. The first kappa shape index (κ1) is 27.3. The summed E-state index contributed by atoms with van der Waals surface area (Å²) in [6.45, 7) is 17.4. The lowest BCUT2D eigenvalue weighted by atomic mass is 9.97. The summed E-state index contributed by atoms with van der Waals surface area (Å²) in [6.07, 6.45) is 4.30. The molecule has 1 aliphatic heterocycles. The van der Waals surface area contributed by atoms with Gasteiger partial charge in [-0.2, -0.15) is 0 Å². The van der Waals surface area contributed by atoms with Crippen LogP contribution in [0, 0.1) is 12.8 Å². The van der Waals surface area contributed by atoms with Crippen molar-refractivity contribution < 1.29 is 13.9 Å². The van der Waals surface area contributed by atoms with Crippen molar-refractivity contribution in [3.63, 3.8) is 0 Å². The first-order valence-corrected chi connectivity index (χ1v) is 15.2. The molecule has 0 bridgehead atoms. The monoisotopic (exact) mass is 500 g/mol. The molecule has 2 heterocycles. The van der Waals surface area contributed by atoms with Crippen molar-refractivity contribution in [3.8, 4) is 0 Å². The Morgan fingerprint density at radius 2 is 1.89 bits per heavy atom. The smallest absolute Gasteiger partial charge is 0.335 e. The van der Waals surface area contributed by atoms with E-state index in [0.29, 0.717) is 25.2 Å². The van der Waals surface area contributed by atoms with Crippen molar-refractivity contribution in [3.05, 3.63) is 81.1 Å². The highest BCUT2D eigenvalue weighted by Gasteiger charge is 2.41. The van der Waals surface area contributed by atoms with Crippen molar-refractivity contribution in [2.45, 2.75) is 84.3 Å². The molecule has 1 aliphatic rings. The molecule has 1 saturated heterocycles. The van der Waals surface area contributed by atoms with E-state index in [1.165, 1.54) is 4.57 Å². The van der Waals surface area contributed by atoms with Gasteiger partial charge in [0.2, 0.25) is 0 Å². The summed E-state index contributed by atoms with van der Waals surface area (Å²) in [4.78, 5) is 26.0. The van der Waals surface area contributed by atoms with Crippen LogP contribution in [0.3, 0.4) is 0 Å². The van der Waals surface area contributed by atoms with Crippen LogP contribution in [0.15, 0.2) is 58.8 Å². The fraction of sp³-hybridized carbons (Fsp3) is 0.556.